The molecule has 1 aromatic carbocycles. The average Bonchev–Trinajstić information content (AvgIpc) is 3.22. The summed E-state index contributed by atoms with van der Waals surface area (Å²) in [5, 5.41) is 0. The van der Waals surface area contributed by atoms with E-state index in [0.717, 1.165) is 55.1 Å². The van der Waals surface area contributed by atoms with Gasteiger partial charge in [0.25, 0.3) is 0 Å². The first-order chi connectivity index (χ1) is 15.5. The van der Waals surface area contributed by atoms with Gasteiger partial charge in [-0.1, -0.05) is 36.2 Å². The van der Waals surface area contributed by atoms with Gasteiger partial charge in [0.2, 0.25) is 11.8 Å². The molecule has 3 aliphatic rings. The Hall–Kier alpha value is -2.76. The Balaban J connectivity index is 1.36. The summed E-state index contributed by atoms with van der Waals surface area (Å²) in [5.74, 6) is 2.42. The third-order valence-corrected chi connectivity index (χ3v) is 7.38. The third-order valence-electron chi connectivity index (χ3n) is 7.38. The number of aromatic nitrogens is 2. The van der Waals surface area contributed by atoms with E-state index in [1.54, 1.807) is 0 Å². The zero-order chi connectivity index (χ0) is 22.2. The quantitative estimate of drug-likeness (QED) is 0.722. The summed E-state index contributed by atoms with van der Waals surface area (Å²) in [6, 6.07) is 8.45. The van der Waals surface area contributed by atoms with Gasteiger partial charge >= 0.3 is 0 Å². The van der Waals surface area contributed by atoms with Gasteiger partial charge in [-0.3, -0.25) is 14.5 Å². The van der Waals surface area contributed by atoms with E-state index in [2.05, 4.69) is 31.2 Å². The normalized spacial score (nSPS) is 20.9. The molecule has 2 amide bonds. The van der Waals surface area contributed by atoms with Gasteiger partial charge in [-0.2, -0.15) is 0 Å². The minimum absolute atomic E-state index is 0.141. The van der Waals surface area contributed by atoms with Crippen LogP contribution in [0.1, 0.15) is 66.2 Å². The lowest BCUT2D eigenvalue weighted by Gasteiger charge is -2.30. The lowest BCUT2D eigenvalue weighted by Crippen LogP contribution is -2.38. The van der Waals surface area contributed by atoms with Crippen molar-refractivity contribution >= 4 is 17.6 Å². The smallest absolute Gasteiger partial charge is 0.228 e. The highest BCUT2D eigenvalue weighted by atomic mass is 16.2. The summed E-state index contributed by atoms with van der Waals surface area (Å²) >= 11 is 0. The number of hydrogen-bond donors (Lipinski definition) is 0. The van der Waals surface area contributed by atoms with Crippen LogP contribution in [0, 0.1) is 19.8 Å². The molecule has 0 unspecified atom stereocenters. The molecule has 2 aliphatic heterocycles. The molecule has 2 aromatic rings. The molecule has 6 heteroatoms. The molecule has 1 aromatic heterocycles. The monoisotopic (exact) mass is 432 g/mol. The van der Waals surface area contributed by atoms with Crippen molar-refractivity contribution in [3.63, 3.8) is 0 Å². The van der Waals surface area contributed by atoms with E-state index >= 15 is 0 Å². The predicted octanol–water partition coefficient (Wildman–Crippen LogP) is 3.73. The maximum Gasteiger partial charge on any atom is 0.228 e. The van der Waals surface area contributed by atoms with Gasteiger partial charge in [0.05, 0.1) is 0 Å². The number of fused-ring (bicyclic) bond motifs is 1. The fraction of sp³-hybridized carbons (Fsp3) is 0.538. The molecule has 1 saturated carbocycles. The molecule has 2 fully saturated rings. The Morgan fingerprint density at radius 1 is 1.12 bits per heavy atom. The Morgan fingerprint density at radius 3 is 2.72 bits per heavy atom. The Labute approximate surface area is 190 Å². The van der Waals surface area contributed by atoms with Crippen LogP contribution in [-0.2, 0) is 22.4 Å². The van der Waals surface area contributed by atoms with Crippen molar-refractivity contribution in [3.05, 3.63) is 52.5 Å². The zero-order valence-electron chi connectivity index (χ0n) is 19.1. The van der Waals surface area contributed by atoms with Gasteiger partial charge in [-0.05, 0) is 51.5 Å². The first-order valence-electron chi connectivity index (χ1n) is 12.0. The number of nitrogens with zero attached hydrogens (tertiary/aromatic N) is 4. The molecule has 3 heterocycles. The lowest BCUT2D eigenvalue weighted by molar-refractivity contribution is -0.137. The third kappa shape index (κ3) is 4.03. The van der Waals surface area contributed by atoms with Gasteiger partial charge in [-0.15, -0.1) is 0 Å². The standard InChI is InChI=1S/C26H32N4O2/c1-17-5-3-6-19(15-17)11-14-30-23(31)10-9-22-18(2)27-24(28-25(22)30)21-12-13-29(16-21)26(32)20-7-4-8-20/h3,5-6,15,20-21H,4,7-14,16H2,1-2H3/t21-/m0/s1. The van der Waals surface area contributed by atoms with Crippen molar-refractivity contribution in [1.82, 2.24) is 14.9 Å². The van der Waals surface area contributed by atoms with Crippen LogP contribution in [-0.4, -0.2) is 46.3 Å². The van der Waals surface area contributed by atoms with Crippen molar-refractivity contribution in [2.24, 2.45) is 5.92 Å². The lowest BCUT2D eigenvalue weighted by atomic mass is 9.84. The maximum absolute atomic E-state index is 12.9. The number of anilines is 1. The topological polar surface area (TPSA) is 66.4 Å². The van der Waals surface area contributed by atoms with Gasteiger partial charge < -0.3 is 4.90 Å². The second-order valence-electron chi connectivity index (χ2n) is 9.65. The second-order valence-corrected chi connectivity index (χ2v) is 9.65. The number of amides is 2. The molecular formula is C26H32N4O2. The highest BCUT2D eigenvalue weighted by molar-refractivity contribution is 5.95. The Bertz CT molecular complexity index is 1050. The molecule has 168 valence electrons. The van der Waals surface area contributed by atoms with Crippen LogP contribution in [0.15, 0.2) is 24.3 Å². The average molecular weight is 433 g/mol. The first kappa shape index (κ1) is 21.1. The molecule has 32 heavy (non-hydrogen) atoms. The first-order valence-corrected chi connectivity index (χ1v) is 12.0. The van der Waals surface area contributed by atoms with Crippen LogP contribution in [0.5, 0.6) is 0 Å². The predicted molar refractivity (Wildman–Crippen MR) is 124 cm³/mol. The summed E-state index contributed by atoms with van der Waals surface area (Å²) in [6.45, 7) is 6.24. The van der Waals surface area contributed by atoms with Crippen molar-refractivity contribution in [1.29, 1.82) is 0 Å². The molecule has 1 atom stereocenters. The highest BCUT2D eigenvalue weighted by Crippen LogP contribution is 2.35. The van der Waals surface area contributed by atoms with Crippen molar-refractivity contribution in [2.75, 3.05) is 24.5 Å². The fourth-order valence-electron chi connectivity index (χ4n) is 5.21. The van der Waals surface area contributed by atoms with E-state index in [1.165, 1.54) is 17.5 Å². The van der Waals surface area contributed by atoms with Crippen molar-refractivity contribution in [2.45, 2.75) is 64.7 Å². The molecule has 0 radical (unpaired) electrons. The van der Waals surface area contributed by atoms with Crippen LogP contribution in [0.4, 0.5) is 5.82 Å². The van der Waals surface area contributed by atoms with Crippen LogP contribution in [0.2, 0.25) is 0 Å². The molecule has 0 bridgehead atoms. The Kier molecular flexibility index (Phi) is 5.70. The summed E-state index contributed by atoms with van der Waals surface area (Å²) < 4.78 is 0. The number of carbonyl (C=O) groups excluding carboxylic acids is 2. The SMILES string of the molecule is Cc1cccc(CCN2C(=O)CCc3c(C)nc([C@H]4CCN(C(=O)C5CCC5)C4)nc32)c1. The van der Waals surface area contributed by atoms with E-state index in [0.29, 0.717) is 31.8 Å². The van der Waals surface area contributed by atoms with E-state index in [9.17, 15) is 9.59 Å². The van der Waals surface area contributed by atoms with Crippen molar-refractivity contribution < 1.29 is 9.59 Å². The van der Waals surface area contributed by atoms with E-state index in [-0.39, 0.29) is 17.7 Å². The minimum Gasteiger partial charge on any atom is -0.342 e. The molecule has 6 nitrogen and oxygen atoms in total. The number of aryl methyl sites for hydroxylation is 2. The molecular weight excluding hydrogens is 400 g/mol. The van der Waals surface area contributed by atoms with Crippen LogP contribution in [0.25, 0.3) is 0 Å². The minimum atomic E-state index is 0.141. The van der Waals surface area contributed by atoms with Gasteiger partial charge in [0, 0.05) is 49.1 Å². The molecule has 5 rings (SSSR count). The van der Waals surface area contributed by atoms with Gasteiger partial charge in [0.15, 0.2) is 0 Å². The summed E-state index contributed by atoms with van der Waals surface area (Å²) in [4.78, 5) is 39.2. The van der Waals surface area contributed by atoms with Crippen LogP contribution >= 0.6 is 0 Å². The highest BCUT2D eigenvalue weighted by Gasteiger charge is 2.36. The van der Waals surface area contributed by atoms with Crippen molar-refractivity contribution in [3.8, 4) is 0 Å². The molecule has 1 aliphatic carbocycles. The van der Waals surface area contributed by atoms with Crippen LogP contribution < -0.4 is 4.90 Å². The van der Waals surface area contributed by atoms with Gasteiger partial charge in [-0.25, -0.2) is 9.97 Å². The maximum atomic E-state index is 12.9. The van der Waals surface area contributed by atoms with E-state index in [4.69, 9.17) is 9.97 Å². The summed E-state index contributed by atoms with van der Waals surface area (Å²) in [6.07, 6.45) is 6.16. The van der Waals surface area contributed by atoms with Crippen LogP contribution in [0.3, 0.4) is 0 Å². The molecule has 1 saturated heterocycles. The van der Waals surface area contributed by atoms with E-state index < -0.39 is 0 Å². The number of benzene rings is 1. The largest absolute Gasteiger partial charge is 0.342 e. The second kappa shape index (κ2) is 8.64. The summed E-state index contributed by atoms with van der Waals surface area (Å²) in [5.41, 5.74) is 4.53. The number of likely N-dealkylation sites (tertiary alicyclic amines) is 1. The number of carbonyl (C=O) groups is 2. The molecule has 0 N–H and O–H groups in total. The number of rotatable bonds is 5. The molecule has 0 spiro atoms. The number of hydrogen-bond acceptors (Lipinski definition) is 4. The Morgan fingerprint density at radius 2 is 1.97 bits per heavy atom. The summed E-state index contributed by atoms with van der Waals surface area (Å²) in [7, 11) is 0. The fourth-order valence-corrected chi connectivity index (χ4v) is 5.21. The van der Waals surface area contributed by atoms with E-state index in [1.807, 2.05) is 16.7 Å². The zero-order valence-corrected chi connectivity index (χ0v) is 19.1. The van der Waals surface area contributed by atoms with Gasteiger partial charge in [0.1, 0.15) is 11.6 Å².